The summed E-state index contributed by atoms with van der Waals surface area (Å²) in [5.74, 6) is 0.522. The zero-order chi connectivity index (χ0) is 16.9. The highest BCUT2D eigenvalue weighted by molar-refractivity contribution is 6.43. The zero-order valence-electron chi connectivity index (χ0n) is 12.1. The van der Waals surface area contributed by atoms with E-state index in [1.54, 1.807) is 30.3 Å². The van der Waals surface area contributed by atoms with Crippen LogP contribution in [0.1, 0.15) is 16.2 Å². The molecule has 0 aliphatic heterocycles. The highest BCUT2D eigenvalue weighted by Crippen LogP contribution is 2.34. The molecule has 6 nitrogen and oxygen atoms in total. The van der Waals surface area contributed by atoms with Crippen molar-refractivity contribution in [2.24, 2.45) is 5.10 Å². The number of hydrogen-bond donors (Lipinski definition) is 1. The normalized spacial score (nSPS) is 10.9. The lowest BCUT2D eigenvalue weighted by atomic mass is 10.2. The van der Waals surface area contributed by atoms with Crippen LogP contribution < -0.4 is 5.43 Å². The molecule has 2 heterocycles. The van der Waals surface area contributed by atoms with Crippen molar-refractivity contribution < 1.29 is 9.21 Å². The largest absolute Gasteiger partial charge is 0.455 e. The van der Waals surface area contributed by atoms with E-state index < -0.39 is 5.91 Å². The summed E-state index contributed by atoms with van der Waals surface area (Å²) < 4.78 is 5.62. The van der Waals surface area contributed by atoms with Crippen LogP contribution in [0.15, 0.2) is 58.4 Å². The predicted molar refractivity (Wildman–Crippen MR) is 91.3 cm³/mol. The van der Waals surface area contributed by atoms with Crippen LogP contribution in [0.25, 0.3) is 11.3 Å². The maximum atomic E-state index is 11.8. The van der Waals surface area contributed by atoms with E-state index in [1.807, 2.05) is 0 Å². The van der Waals surface area contributed by atoms with Crippen molar-refractivity contribution >= 4 is 35.3 Å². The average molecular weight is 361 g/mol. The Bertz CT molecular complexity index is 894. The van der Waals surface area contributed by atoms with Crippen LogP contribution in [-0.4, -0.2) is 22.1 Å². The molecule has 3 aromatic rings. The molecule has 0 aliphatic carbocycles. The Morgan fingerprint density at radius 3 is 2.88 bits per heavy atom. The molecular formula is C16H10Cl2N4O2. The maximum absolute atomic E-state index is 11.8. The fraction of sp³-hybridized carbons (Fsp3) is 0. The molecule has 0 spiro atoms. The van der Waals surface area contributed by atoms with E-state index in [9.17, 15) is 4.79 Å². The van der Waals surface area contributed by atoms with Crippen molar-refractivity contribution in [2.45, 2.75) is 0 Å². The summed E-state index contributed by atoms with van der Waals surface area (Å²) in [6.45, 7) is 0. The van der Waals surface area contributed by atoms with Crippen molar-refractivity contribution in [2.75, 3.05) is 0 Å². The van der Waals surface area contributed by atoms with Crippen molar-refractivity contribution in [3.8, 4) is 11.3 Å². The summed E-state index contributed by atoms with van der Waals surface area (Å²) >= 11 is 12.1. The second-order valence-electron chi connectivity index (χ2n) is 4.59. The molecule has 120 valence electrons. The van der Waals surface area contributed by atoms with Gasteiger partial charge < -0.3 is 4.42 Å². The van der Waals surface area contributed by atoms with Gasteiger partial charge in [-0.25, -0.2) is 10.4 Å². The first-order valence-corrected chi connectivity index (χ1v) is 7.54. The van der Waals surface area contributed by atoms with Crippen LogP contribution in [0, 0.1) is 0 Å². The first kappa shape index (κ1) is 16.2. The molecule has 2 aromatic heterocycles. The molecule has 1 N–H and O–H groups in total. The second-order valence-corrected chi connectivity index (χ2v) is 5.38. The molecule has 0 atom stereocenters. The number of hydrogen-bond acceptors (Lipinski definition) is 5. The third kappa shape index (κ3) is 3.61. The Hall–Kier alpha value is -2.70. The van der Waals surface area contributed by atoms with Crippen molar-refractivity contribution in [1.82, 2.24) is 15.4 Å². The standard InChI is InChI=1S/C16H10Cl2N4O2/c17-12-3-1-2-11(15(12)18)14-5-4-10(24-14)8-21-22-16(23)13-9-19-6-7-20-13/h1-9H,(H,22,23). The van der Waals surface area contributed by atoms with Gasteiger partial charge in [-0.1, -0.05) is 29.3 Å². The lowest BCUT2D eigenvalue weighted by molar-refractivity contribution is 0.0949. The number of carbonyl (C=O) groups is 1. The van der Waals surface area contributed by atoms with Gasteiger partial charge in [-0.05, 0) is 24.3 Å². The SMILES string of the molecule is O=C(NN=Cc1ccc(-c2cccc(Cl)c2Cl)o1)c1cnccn1. The Kier molecular flexibility index (Phi) is 4.88. The number of furan rings is 1. The monoisotopic (exact) mass is 360 g/mol. The highest BCUT2D eigenvalue weighted by atomic mass is 35.5. The number of benzene rings is 1. The molecule has 24 heavy (non-hydrogen) atoms. The van der Waals surface area contributed by atoms with Gasteiger partial charge in [0.05, 0.1) is 22.5 Å². The minimum Gasteiger partial charge on any atom is -0.455 e. The third-order valence-electron chi connectivity index (χ3n) is 3.00. The number of carbonyl (C=O) groups excluding carboxylic acids is 1. The van der Waals surface area contributed by atoms with E-state index in [4.69, 9.17) is 27.6 Å². The fourth-order valence-electron chi connectivity index (χ4n) is 1.89. The molecule has 0 bridgehead atoms. The van der Waals surface area contributed by atoms with Crippen LogP contribution in [0.4, 0.5) is 0 Å². The average Bonchev–Trinajstić information content (AvgIpc) is 3.06. The first-order valence-electron chi connectivity index (χ1n) is 6.79. The quantitative estimate of drug-likeness (QED) is 0.566. The molecule has 0 radical (unpaired) electrons. The molecule has 0 saturated carbocycles. The molecule has 0 saturated heterocycles. The molecule has 0 aliphatic rings. The van der Waals surface area contributed by atoms with E-state index >= 15 is 0 Å². The smallest absolute Gasteiger partial charge is 0.291 e. The summed E-state index contributed by atoms with van der Waals surface area (Å²) in [4.78, 5) is 19.4. The van der Waals surface area contributed by atoms with Crippen LogP contribution in [0.5, 0.6) is 0 Å². The number of halogens is 2. The third-order valence-corrected chi connectivity index (χ3v) is 3.82. The van der Waals surface area contributed by atoms with Crippen LogP contribution in [-0.2, 0) is 0 Å². The van der Waals surface area contributed by atoms with E-state index in [-0.39, 0.29) is 5.69 Å². The Morgan fingerprint density at radius 1 is 1.21 bits per heavy atom. The summed E-state index contributed by atoms with van der Waals surface area (Å²) in [5.41, 5.74) is 3.18. The van der Waals surface area contributed by atoms with Gasteiger partial charge in [0.15, 0.2) is 0 Å². The molecule has 0 unspecified atom stereocenters. The van der Waals surface area contributed by atoms with Crippen molar-refractivity contribution in [1.29, 1.82) is 0 Å². The van der Waals surface area contributed by atoms with Gasteiger partial charge in [-0.15, -0.1) is 0 Å². The topological polar surface area (TPSA) is 80.4 Å². The summed E-state index contributed by atoms with van der Waals surface area (Å²) in [5, 5.41) is 4.67. The van der Waals surface area contributed by atoms with Gasteiger partial charge >= 0.3 is 0 Å². The first-order chi connectivity index (χ1) is 11.6. The van der Waals surface area contributed by atoms with Crippen molar-refractivity contribution in [3.05, 3.63) is 70.4 Å². The fourth-order valence-corrected chi connectivity index (χ4v) is 2.28. The molecule has 3 rings (SSSR count). The van der Waals surface area contributed by atoms with E-state index in [1.165, 1.54) is 24.8 Å². The number of hydrazone groups is 1. The van der Waals surface area contributed by atoms with Crippen LogP contribution in [0.2, 0.25) is 10.0 Å². The molecule has 1 amide bonds. The molecule has 8 heteroatoms. The minimum atomic E-state index is -0.469. The number of nitrogens with zero attached hydrogens (tertiary/aromatic N) is 3. The van der Waals surface area contributed by atoms with E-state index in [0.29, 0.717) is 27.1 Å². The van der Waals surface area contributed by atoms with E-state index in [0.717, 1.165) is 0 Å². The molecular weight excluding hydrogens is 351 g/mol. The number of aromatic nitrogens is 2. The number of rotatable bonds is 4. The Balaban J connectivity index is 1.70. The van der Waals surface area contributed by atoms with Gasteiger partial charge in [0.2, 0.25) is 0 Å². The number of nitrogens with one attached hydrogen (secondary N) is 1. The highest BCUT2D eigenvalue weighted by Gasteiger charge is 2.10. The van der Waals surface area contributed by atoms with Crippen LogP contribution >= 0.6 is 23.2 Å². The lowest BCUT2D eigenvalue weighted by Gasteiger charge is -2.01. The Labute approximate surface area is 147 Å². The van der Waals surface area contributed by atoms with Gasteiger partial charge in [0, 0.05) is 18.0 Å². The van der Waals surface area contributed by atoms with Crippen LogP contribution in [0.3, 0.4) is 0 Å². The summed E-state index contributed by atoms with van der Waals surface area (Å²) in [6, 6.07) is 8.71. The molecule has 0 fully saturated rings. The Morgan fingerprint density at radius 2 is 2.08 bits per heavy atom. The predicted octanol–water partition coefficient (Wildman–Crippen LogP) is 3.81. The summed E-state index contributed by atoms with van der Waals surface area (Å²) in [7, 11) is 0. The lowest BCUT2D eigenvalue weighted by Crippen LogP contribution is -2.18. The van der Waals surface area contributed by atoms with Gasteiger partial charge in [-0.2, -0.15) is 5.10 Å². The minimum absolute atomic E-state index is 0.167. The van der Waals surface area contributed by atoms with Crippen molar-refractivity contribution in [3.63, 3.8) is 0 Å². The maximum Gasteiger partial charge on any atom is 0.291 e. The van der Waals surface area contributed by atoms with Gasteiger partial charge in [0.25, 0.3) is 5.91 Å². The zero-order valence-corrected chi connectivity index (χ0v) is 13.6. The van der Waals surface area contributed by atoms with E-state index in [2.05, 4.69) is 20.5 Å². The van der Waals surface area contributed by atoms with Gasteiger partial charge in [-0.3, -0.25) is 9.78 Å². The van der Waals surface area contributed by atoms with Gasteiger partial charge in [0.1, 0.15) is 17.2 Å². The second kappa shape index (κ2) is 7.25. The summed E-state index contributed by atoms with van der Waals surface area (Å²) in [6.07, 6.45) is 5.62. The number of amides is 1. The molecule has 1 aromatic carbocycles.